The molecule has 0 heterocycles. The van der Waals surface area contributed by atoms with Gasteiger partial charge in [-0.1, -0.05) is 32.0 Å². The number of nitrogens with one attached hydrogen (secondary N) is 1. The number of sulfonamides is 1. The van der Waals surface area contributed by atoms with Crippen molar-refractivity contribution in [2.45, 2.75) is 40.5 Å². The fourth-order valence-corrected chi connectivity index (χ4v) is 2.96. The Kier molecular flexibility index (Phi) is 6.56. The molecule has 1 rings (SSSR count). The van der Waals surface area contributed by atoms with Gasteiger partial charge in [0.2, 0.25) is 15.9 Å². The number of hydrogen-bond acceptors (Lipinski definition) is 3. The molecule has 0 saturated heterocycles. The smallest absolute Gasteiger partial charge is 0.223 e. The zero-order valence-electron chi connectivity index (χ0n) is 14.0. The van der Waals surface area contributed by atoms with Crippen LogP contribution in [-0.4, -0.2) is 33.2 Å². The zero-order valence-corrected chi connectivity index (χ0v) is 14.8. The van der Waals surface area contributed by atoms with E-state index in [1.165, 1.54) is 6.92 Å². The van der Waals surface area contributed by atoms with E-state index in [0.29, 0.717) is 6.54 Å². The number of nitrogens with zero attached hydrogens (tertiary/aromatic N) is 1. The first-order valence-electron chi connectivity index (χ1n) is 7.54. The molecule has 1 N–H and O–H groups in total. The SMILES string of the molecule is CCS(=O)(=O)NCCN(C(C)=O)c1c(C)cccc1C(C)C. The summed E-state index contributed by atoms with van der Waals surface area (Å²) in [5, 5.41) is 0. The molecule has 22 heavy (non-hydrogen) atoms. The number of anilines is 1. The second-order valence-corrected chi connectivity index (χ2v) is 7.73. The molecule has 0 aromatic heterocycles. The van der Waals surface area contributed by atoms with Gasteiger partial charge in [0, 0.05) is 20.0 Å². The molecule has 6 heteroatoms. The number of para-hydroxylation sites is 1. The Labute approximate surface area is 133 Å². The van der Waals surface area contributed by atoms with Gasteiger partial charge in [-0.05, 0) is 30.9 Å². The highest BCUT2D eigenvalue weighted by Crippen LogP contribution is 2.30. The quantitative estimate of drug-likeness (QED) is 0.837. The van der Waals surface area contributed by atoms with Crippen LogP contribution in [0.15, 0.2) is 18.2 Å². The van der Waals surface area contributed by atoms with Crippen molar-refractivity contribution in [2.75, 3.05) is 23.7 Å². The molecular formula is C16H26N2O3S. The van der Waals surface area contributed by atoms with Crippen molar-refractivity contribution < 1.29 is 13.2 Å². The number of rotatable bonds is 7. The molecule has 0 spiro atoms. The number of aryl methyl sites for hydroxylation is 1. The Morgan fingerprint density at radius 3 is 2.45 bits per heavy atom. The van der Waals surface area contributed by atoms with Crippen LogP contribution in [0.5, 0.6) is 0 Å². The van der Waals surface area contributed by atoms with E-state index in [-0.39, 0.29) is 24.1 Å². The number of benzene rings is 1. The summed E-state index contributed by atoms with van der Waals surface area (Å²) in [5.41, 5.74) is 2.99. The summed E-state index contributed by atoms with van der Waals surface area (Å²) in [6.07, 6.45) is 0. The van der Waals surface area contributed by atoms with Crippen LogP contribution in [0, 0.1) is 6.92 Å². The summed E-state index contributed by atoms with van der Waals surface area (Å²) in [4.78, 5) is 13.7. The van der Waals surface area contributed by atoms with Gasteiger partial charge in [-0.25, -0.2) is 13.1 Å². The molecule has 0 aliphatic carbocycles. The molecular weight excluding hydrogens is 300 g/mol. The molecule has 0 atom stereocenters. The van der Waals surface area contributed by atoms with Crippen molar-refractivity contribution >= 4 is 21.6 Å². The van der Waals surface area contributed by atoms with E-state index in [1.807, 2.05) is 25.1 Å². The van der Waals surface area contributed by atoms with Crippen LogP contribution < -0.4 is 9.62 Å². The minimum Gasteiger partial charge on any atom is -0.311 e. The molecule has 0 aliphatic rings. The summed E-state index contributed by atoms with van der Waals surface area (Å²) in [7, 11) is -3.25. The normalized spacial score (nSPS) is 11.7. The van der Waals surface area contributed by atoms with Crippen LogP contribution in [-0.2, 0) is 14.8 Å². The zero-order chi connectivity index (χ0) is 16.9. The van der Waals surface area contributed by atoms with E-state index in [2.05, 4.69) is 18.6 Å². The van der Waals surface area contributed by atoms with Crippen LogP contribution in [0.2, 0.25) is 0 Å². The second kappa shape index (κ2) is 7.74. The summed E-state index contributed by atoms with van der Waals surface area (Å²) < 4.78 is 25.5. The van der Waals surface area contributed by atoms with Crippen LogP contribution >= 0.6 is 0 Å². The van der Waals surface area contributed by atoms with Crippen molar-refractivity contribution in [3.05, 3.63) is 29.3 Å². The van der Waals surface area contributed by atoms with Gasteiger partial charge in [0.1, 0.15) is 0 Å². The number of carbonyl (C=O) groups is 1. The average molecular weight is 326 g/mol. The highest BCUT2D eigenvalue weighted by molar-refractivity contribution is 7.89. The number of carbonyl (C=O) groups excluding carboxylic acids is 1. The van der Waals surface area contributed by atoms with Crippen molar-refractivity contribution in [1.29, 1.82) is 0 Å². The van der Waals surface area contributed by atoms with Crippen LogP contribution in [0.4, 0.5) is 5.69 Å². The first-order chi connectivity index (χ1) is 10.2. The van der Waals surface area contributed by atoms with Crippen molar-refractivity contribution in [1.82, 2.24) is 4.72 Å². The summed E-state index contributed by atoms with van der Waals surface area (Å²) >= 11 is 0. The van der Waals surface area contributed by atoms with Crippen LogP contribution in [0.3, 0.4) is 0 Å². The summed E-state index contributed by atoms with van der Waals surface area (Å²) in [6.45, 7) is 9.75. The third-order valence-corrected chi connectivity index (χ3v) is 4.98. The molecule has 124 valence electrons. The Balaban J connectivity index is 3.05. The van der Waals surface area contributed by atoms with Crippen LogP contribution in [0.1, 0.15) is 44.7 Å². The maximum atomic E-state index is 12.0. The third-order valence-electron chi connectivity index (χ3n) is 3.58. The lowest BCUT2D eigenvalue weighted by atomic mass is 9.97. The Hall–Kier alpha value is -1.40. The lowest BCUT2D eigenvalue weighted by Crippen LogP contribution is -2.38. The van der Waals surface area contributed by atoms with E-state index in [4.69, 9.17) is 0 Å². The monoisotopic (exact) mass is 326 g/mol. The minimum absolute atomic E-state index is 0.0364. The molecule has 0 radical (unpaired) electrons. The Morgan fingerprint density at radius 1 is 1.32 bits per heavy atom. The molecule has 0 aliphatic heterocycles. The molecule has 1 aromatic carbocycles. The average Bonchev–Trinajstić information content (AvgIpc) is 2.43. The summed E-state index contributed by atoms with van der Waals surface area (Å²) in [5.74, 6) is 0.227. The molecule has 0 bridgehead atoms. The number of amides is 1. The highest BCUT2D eigenvalue weighted by Gasteiger charge is 2.19. The van der Waals surface area contributed by atoms with Gasteiger partial charge in [0.25, 0.3) is 0 Å². The fraction of sp³-hybridized carbons (Fsp3) is 0.562. The fourth-order valence-electron chi connectivity index (χ4n) is 2.36. The summed E-state index contributed by atoms with van der Waals surface area (Å²) in [6, 6.07) is 5.96. The Morgan fingerprint density at radius 2 is 1.95 bits per heavy atom. The number of hydrogen-bond donors (Lipinski definition) is 1. The van der Waals surface area contributed by atoms with E-state index in [1.54, 1.807) is 11.8 Å². The lowest BCUT2D eigenvalue weighted by molar-refractivity contribution is -0.116. The van der Waals surface area contributed by atoms with Gasteiger partial charge in [-0.15, -0.1) is 0 Å². The van der Waals surface area contributed by atoms with Crippen molar-refractivity contribution in [3.8, 4) is 0 Å². The predicted molar refractivity (Wildman–Crippen MR) is 90.8 cm³/mol. The second-order valence-electron chi connectivity index (χ2n) is 5.64. The topological polar surface area (TPSA) is 66.5 Å². The first kappa shape index (κ1) is 18.6. The molecule has 1 amide bonds. The van der Waals surface area contributed by atoms with Gasteiger partial charge in [0.15, 0.2) is 0 Å². The van der Waals surface area contributed by atoms with E-state index in [0.717, 1.165) is 16.8 Å². The first-order valence-corrected chi connectivity index (χ1v) is 9.19. The molecule has 0 fully saturated rings. The minimum atomic E-state index is -3.25. The molecule has 5 nitrogen and oxygen atoms in total. The van der Waals surface area contributed by atoms with E-state index >= 15 is 0 Å². The molecule has 0 unspecified atom stereocenters. The van der Waals surface area contributed by atoms with Crippen molar-refractivity contribution in [3.63, 3.8) is 0 Å². The van der Waals surface area contributed by atoms with Gasteiger partial charge >= 0.3 is 0 Å². The molecule has 1 aromatic rings. The maximum absolute atomic E-state index is 12.0. The highest BCUT2D eigenvalue weighted by atomic mass is 32.2. The largest absolute Gasteiger partial charge is 0.311 e. The maximum Gasteiger partial charge on any atom is 0.223 e. The standard InChI is InChI=1S/C16H26N2O3S/c1-6-22(20,21)17-10-11-18(14(5)19)16-13(4)8-7-9-15(16)12(2)3/h7-9,12,17H,6,10-11H2,1-5H3. The lowest BCUT2D eigenvalue weighted by Gasteiger charge is -2.27. The van der Waals surface area contributed by atoms with E-state index in [9.17, 15) is 13.2 Å². The van der Waals surface area contributed by atoms with Crippen LogP contribution in [0.25, 0.3) is 0 Å². The predicted octanol–water partition coefficient (Wildman–Crippen LogP) is 2.41. The van der Waals surface area contributed by atoms with Gasteiger partial charge in [-0.3, -0.25) is 4.79 Å². The van der Waals surface area contributed by atoms with Gasteiger partial charge in [0.05, 0.1) is 11.4 Å². The third kappa shape index (κ3) is 4.81. The van der Waals surface area contributed by atoms with Crippen molar-refractivity contribution in [2.24, 2.45) is 0 Å². The Bertz CT molecular complexity index is 624. The van der Waals surface area contributed by atoms with Gasteiger partial charge in [-0.2, -0.15) is 0 Å². The molecule has 0 saturated carbocycles. The van der Waals surface area contributed by atoms with E-state index < -0.39 is 10.0 Å². The van der Waals surface area contributed by atoms with Gasteiger partial charge < -0.3 is 4.90 Å².